The molecular weight excluding hydrogens is 240 g/mol. The number of hydrogen-bond acceptors (Lipinski definition) is 0. The van der Waals surface area contributed by atoms with Crippen LogP contribution in [-0.4, -0.2) is 0 Å². The highest BCUT2D eigenvalue weighted by Crippen LogP contribution is 2.57. The Labute approximate surface area is 125 Å². The lowest BCUT2D eigenvalue weighted by Crippen LogP contribution is -2.42. The first-order valence-electron chi connectivity index (χ1n) is 8.70. The summed E-state index contributed by atoms with van der Waals surface area (Å²) in [5, 5.41) is 0. The maximum atomic E-state index is 2.57. The zero-order valence-electron chi connectivity index (χ0n) is 14.1. The SMILES string of the molecule is CC1=C2CC[C@]3(C)CC=C[C@@H](C)[C@H]3C[C@H](CC1)C2(C)C. The van der Waals surface area contributed by atoms with Gasteiger partial charge in [-0.3, -0.25) is 0 Å². The highest BCUT2D eigenvalue weighted by molar-refractivity contribution is 5.26. The van der Waals surface area contributed by atoms with Crippen molar-refractivity contribution in [2.24, 2.45) is 28.6 Å². The molecule has 0 radical (unpaired) electrons. The molecule has 0 saturated heterocycles. The molecule has 0 aliphatic heterocycles. The highest BCUT2D eigenvalue weighted by atomic mass is 14.5. The summed E-state index contributed by atoms with van der Waals surface area (Å²) in [5.41, 5.74) is 4.53. The Balaban J connectivity index is 2.00. The van der Waals surface area contributed by atoms with E-state index in [9.17, 15) is 0 Å². The van der Waals surface area contributed by atoms with Crippen molar-refractivity contribution in [3.8, 4) is 0 Å². The molecule has 20 heavy (non-hydrogen) atoms. The molecule has 0 aromatic heterocycles. The predicted molar refractivity (Wildman–Crippen MR) is 87.6 cm³/mol. The van der Waals surface area contributed by atoms with Crippen LogP contribution in [0, 0.1) is 28.6 Å². The first kappa shape index (κ1) is 14.4. The second-order valence-electron chi connectivity index (χ2n) is 8.70. The molecule has 0 aromatic carbocycles. The second-order valence-corrected chi connectivity index (χ2v) is 8.70. The molecule has 1 saturated carbocycles. The molecule has 0 heterocycles. The summed E-state index contributed by atoms with van der Waals surface area (Å²) in [6.07, 6.45) is 13.2. The van der Waals surface area contributed by atoms with Gasteiger partial charge in [-0.05, 0) is 74.0 Å². The molecule has 1 fully saturated rings. The van der Waals surface area contributed by atoms with Crippen LogP contribution in [0.3, 0.4) is 0 Å². The van der Waals surface area contributed by atoms with E-state index < -0.39 is 0 Å². The van der Waals surface area contributed by atoms with Gasteiger partial charge in [-0.2, -0.15) is 0 Å². The fourth-order valence-corrected chi connectivity index (χ4v) is 5.62. The van der Waals surface area contributed by atoms with Gasteiger partial charge in [0.2, 0.25) is 0 Å². The minimum absolute atomic E-state index is 0.449. The third-order valence-corrected chi connectivity index (χ3v) is 7.22. The van der Waals surface area contributed by atoms with Crippen molar-refractivity contribution in [3.63, 3.8) is 0 Å². The Morgan fingerprint density at radius 2 is 1.90 bits per heavy atom. The van der Waals surface area contributed by atoms with Gasteiger partial charge in [0, 0.05) is 0 Å². The lowest BCUT2D eigenvalue weighted by molar-refractivity contribution is 0.0473. The topological polar surface area (TPSA) is 0 Å². The first-order chi connectivity index (χ1) is 9.34. The van der Waals surface area contributed by atoms with Gasteiger partial charge >= 0.3 is 0 Å². The number of hydrogen-bond donors (Lipinski definition) is 0. The smallest absolute Gasteiger partial charge is 0.0114 e. The average molecular weight is 272 g/mol. The average Bonchev–Trinajstić information content (AvgIpc) is 2.35. The highest BCUT2D eigenvalue weighted by Gasteiger charge is 2.46. The fraction of sp³-hybridized carbons (Fsp3) is 0.800. The van der Waals surface area contributed by atoms with Crippen LogP contribution in [0.4, 0.5) is 0 Å². The Bertz CT molecular complexity index is 451. The van der Waals surface area contributed by atoms with E-state index in [2.05, 4.69) is 46.8 Å². The molecule has 3 aliphatic rings. The zero-order chi connectivity index (χ0) is 14.5. The van der Waals surface area contributed by atoms with Crippen molar-refractivity contribution in [2.75, 3.05) is 0 Å². The predicted octanol–water partition coefficient (Wildman–Crippen LogP) is 6.14. The van der Waals surface area contributed by atoms with Gasteiger partial charge in [0.1, 0.15) is 0 Å². The van der Waals surface area contributed by atoms with Crippen LogP contribution < -0.4 is 0 Å². The Morgan fingerprint density at radius 3 is 2.65 bits per heavy atom. The lowest BCUT2D eigenvalue weighted by atomic mass is 9.53. The minimum atomic E-state index is 0.449. The molecule has 0 nitrogen and oxygen atoms in total. The largest absolute Gasteiger partial charge is 0.0877 e. The van der Waals surface area contributed by atoms with Gasteiger partial charge in [-0.1, -0.05) is 51.0 Å². The van der Waals surface area contributed by atoms with E-state index in [1.54, 1.807) is 5.57 Å². The van der Waals surface area contributed by atoms with Crippen molar-refractivity contribution in [3.05, 3.63) is 23.3 Å². The number of fused-ring (bicyclic) bond motifs is 3. The van der Waals surface area contributed by atoms with Crippen LogP contribution in [0.1, 0.15) is 73.1 Å². The van der Waals surface area contributed by atoms with Crippen LogP contribution in [0.15, 0.2) is 23.3 Å². The van der Waals surface area contributed by atoms with Crippen LogP contribution in [-0.2, 0) is 0 Å². The fourth-order valence-electron chi connectivity index (χ4n) is 5.62. The quantitative estimate of drug-likeness (QED) is 0.464. The summed E-state index contributed by atoms with van der Waals surface area (Å²) in [5.74, 6) is 2.58. The summed E-state index contributed by atoms with van der Waals surface area (Å²) >= 11 is 0. The summed E-state index contributed by atoms with van der Waals surface area (Å²) in [7, 11) is 0. The van der Waals surface area contributed by atoms with E-state index in [-0.39, 0.29) is 0 Å². The van der Waals surface area contributed by atoms with E-state index in [4.69, 9.17) is 0 Å². The van der Waals surface area contributed by atoms with Crippen LogP contribution >= 0.6 is 0 Å². The molecule has 2 bridgehead atoms. The Morgan fingerprint density at radius 1 is 1.15 bits per heavy atom. The van der Waals surface area contributed by atoms with E-state index in [0.29, 0.717) is 10.8 Å². The van der Waals surface area contributed by atoms with Crippen molar-refractivity contribution in [1.82, 2.24) is 0 Å². The van der Waals surface area contributed by atoms with Gasteiger partial charge in [-0.25, -0.2) is 0 Å². The van der Waals surface area contributed by atoms with Crippen LogP contribution in [0.5, 0.6) is 0 Å². The summed E-state index contributed by atoms with van der Waals surface area (Å²) < 4.78 is 0. The summed E-state index contributed by atoms with van der Waals surface area (Å²) in [4.78, 5) is 0. The van der Waals surface area contributed by atoms with E-state index in [0.717, 1.165) is 17.8 Å². The summed E-state index contributed by atoms with van der Waals surface area (Å²) in [6, 6.07) is 0. The monoisotopic (exact) mass is 272 g/mol. The molecule has 112 valence electrons. The maximum absolute atomic E-state index is 2.57. The summed E-state index contributed by atoms with van der Waals surface area (Å²) in [6.45, 7) is 12.5. The van der Waals surface area contributed by atoms with Crippen molar-refractivity contribution < 1.29 is 0 Å². The molecular formula is C20H32. The molecule has 3 aliphatic carbocycles. The number of allylic oxidation sites excluding steroid dienone is 4. The Hall–Kier alpha value is -0.520. The molecule has 0 heteroatoms. The third kappa shape index (κ3) is 2.11. The van der Waals surface area contributed by atoms with Crippen molar-refractivity contribution in [2.45, 2.75) is 73.1 Å². The zero-order valence-corrected chi connectivity index (χ0v) is 14.1. The third-order valence-electron chi connectivity index (χ3n) is 7.22. The molecule has 0 aromatic rings. The van der Waals surface area contributed by atoms with Crippen molar-refractivity contribution in [1.29, 1.82) is 0 Å². The van der Waals surface area contributed by atoms with E-state index in [1.165, 1.54) is 38.5 Å². The molecule has 0 unspecified atom stereocenters. The number of rotatable bonds is 0. The molecule has 3 rings (SSSR count). The molecule has 0 N–H and O–H groups in total. The van der Waals surface area contributed by atoms with E-state index >= 15 is 0 Å². The second kappa shape index (κ2) is 4.75. The van der Waals surface area contributed by atoms with Gasteiger partial charge in [0.25, 0.3) is 0 Å². The van der Waals surface area contributed by atoms with Crippen LogP contribution in [0.25, 0.3) is 0 Å². The molecule has 0 spiro atoms. The van der Waals surface area contributed by atoms with Crippen LogP contribution in [0.2, 0.25) is 0 Å². The standard InChI is InChI=1S/C20H32/c1-14-7-6-11-20(5)12-10-17-15(2)8-9-16(13-18(14)20)19(17,3)4/h6-7,14,16,18H,8-13H2,1-5H3/t14-,16+,18-,20+/m1/s1. The molecule has 0 amide bonds. The lowest BCUT2D eigenvalue weighted by Gasteiger charge is -2.52. The Kier molecular flexibility index (Phi) is 3.42. The maximum Gasteiger partial charge on any atom is -0.0114 e. The normalized spacial score (nSPS) is 43.8. The van der Waals surface area contributed by atoms with Gasteiger partial charge in [0.05, 0.1) is 0 Å². The van der Waals surface area contributed by atoms with Crippen molar-refractivity contribution >= 4 is 0 Å². The minimum Gasteiger partial charge on any atom is -0.0877 e. The molecule has 4 atom stereocenters. The van der Waals surface area contributed by atoms with Gasteiger partial charge in [-0.15, -0.1) is 0 Å². The van der Waals surface area contributed by atoms with Gasteiger partial charge < -0.3 is 0 Å². The first-order valence-corrected chi connectivity index (χ1v) is 8.70. The van der Waals surface area contributed by atoms with E-state index in [1.807, 2.05) is 5.57 Å². The van der Waals surface area contributed by atoms with Gasteiger partial charge in [0.15, 0.2) is 0 Å².